The minimum Gasteiger partial charge on any atom is -0.481 e. The Morgan fingerprint density at radius 1 is 1.27 bits per heavy atom. The summed E-state index contributed by atoms with van der Waals surface area (Å²) in [6.07, 6.45) is 4.40. The molecular formula is C24H24N8O4S. The van der Waals surface area contributed by atoms with Gasteiger partial charge in [0.1, 0.15) is 16.5 Å². The largest absolute Gasteiger partial charge is 0.481 e. The van der Waals surface area contributed by atoms with Crippen LogP contribution >= 0.6 is 11.3 Å². The van der Waals surface area contributed by atoms with Crippen molar-refractivity contribution < 1.29 is 13.9 Å². The van der Waals surface area contributed by atoms with E-state index < -0.39 is 5.76 Å². The Morgan fingerprint density at radius 3 is 2.95 bits per heavy atom. The Hall–Kier alpha value is -4.39. The maximum Gasteiger partial charge on any atom is 0.434 e. The fourth-order valence-corrected chi connectivity index (χ4v) is 4.94. The molecular weight excluding hydrogens is 496 g/mol. The van der Waals surface area contributed by atoms with Crippen LogP contribution in [0.4, 0.5) is 4.79 Å². The second-order valence-electron chi connectivity index (χ2n) is 8.20. The molecule has 0 aromatic carbocycles. The summed E-state index contributed by atoms with van der Waals surface area (Å²) in [5.41, 5.74) is 4.25. The molecule has 12 nitrogen and oxygen atoms in total. The van der Waals surface area contributed by atoms with Gasteiger partial charge in [0.05, 0.1) is 25.3 Å². The minimum atomic E-state index is -0.607. The summed E-state index contributed by atoms with van der Waals surface area (Å²) in [5.74, 6) is 0.436. The number of aromatic amines is 1. The second kappa shape index (κ2) is 10.7. The normalized spacial score (nSPS) is 17.3. The highest BCUT2D eigenvalue weighted by Gasteiger charge is 2.27. The molecule has 2 amide bonds. The van der Waals surface area contributed by atoms with Gasteiger partial charge in [-0.1, -0.05) is 6.07 Å². The molecule has 1 atom stereocenters. The Kier molecular flexibility index (Phi) is 7.03. The number of methoxy groups -OCH3 is 1. The Balaban J connectivity index is 1.48. The van der Waals surface area contributed by atoms with Crippen LogP contribution in [0, 0.1) is 0 Å². The molecule has 3 N–H and O–H groups in total. The van der Waals surface area contributed by atoms with Crippen LogP contribution in [0.2, 0.25) is 0 Å². The first-order valence-electron chi connectivity index (χ1n) is 11.6. The monoisotopic (exact) mass is 520 g/mol. The number of thiazole rings is 1. The van der Waals surface area contributed by atoms with Gasteiger partial charge in [-0.2, -0.15) is 0 Å². The summed E-state index contributed by atoms with van der Waals surface area (Å²) >= 11 is 1.49. The van der Waals surface area contributed by atoms with E-state index in [0.717, 1.165) is 27.4 Å². The van der Waals surface area contributed by atoms with Crippen molar-refractivity contribution in [3.8, 4) is 17.3 Å². The van der Waals surface area contributed by atoms with E-state index in [1.165, 1.54) is 11.3 Å². The van der Waals surface area contributed by atoms with E-state index in [4.69, 9.17) is 14.1 Å². The molecule has 1 unspecified atom stereocenters. The number of amides is 2. The average molecular weight is 521 g/mol. The molecule has 3 aromatic rings. The lowest BCUT2D eigenvalue weighted by molar-refractivity contribution is 0.245. The molecule has 5 rings (SSSR count). The lowest BCUT2D eigenvalue weighted by atomic mass is 9.88. The summed E-state index contributed by atoms with van der Waals surface area (Å²) in [6, 6.07) is 5.22. The van der Waals surface area contributed by atoms with Crippen molar-refractivity contribution >= 4 is 35.0 Å². The number of H-pyrrole nitrogens is 1. The highest BCUT2D eigenvalue weighted by Crippen LogP contribution is 2.37. The first-order valence-corrected chi connectivity index (χ1v) is 12.5. The number of amidine groups is 1. The molecule has 5 heterocycles. The van der Waals surface area contributed by atoms with Crippen LogP contribution < -0.4 is 21.1 Å². The highest BCUT2D eigenvalue weighted by atomic mass is 32.1. The smallest absolute Gasteiger partial charge is 0.434 e. The Morgan fingerprint density at radius 2 is 2.16 bits per heavy atom. The molecule has 190 valence electrons. The maximum atomic E-state index is 12.2. The molecule has 0 bridgehead atoms. The first-order chi connectivity index (χ1) is 18.0. The zero-order valence-corrected chi connectivity index (χ0v) is 21.0. The number of urea groups is 1. The van der Waals surface area contributed by atoms with Gasteiger partial charge in [-0.05, 0) is 30.6 Å². The van der Waals surface area contributed by atoms with Crippen molar-refractivity contribution in [2.75, 3.05) is 20.2 Å². The van der Waals surface area contributed by atoms with Gasteiger partial charge in [0.25, 0.3) is 0 Å². The van der Waals surface area contributed by atoms with Gasteiger partial charge >= 0.3 is 11.8 Å². The molecule has 0 fully saturated rings. The predicted octanol–water partition coefficient (Wildman–Crippen LogP) is 2.91. The number of dihydropyridines is 1. The van der Waals surface area contributed by atoms with Crippen LogP contribution in [0.25, 0.3) is 17.0 Å². The van der Waals surface area contributed by atoms with Crippen LogP contribution in [0.3, 0.4) is 0 Å². The van der Waals surface area contributed by atoms with E-state index in [-0.39, 0.29) is 17.8 Å². The number of nitrogens with zero attached hydrogens (tertiary/aromatic N) is 5. The molecule has 37 heavy (non-hydrogen) atoms. The minimum absolute atomic E-state index is 0.278. The molecule has 2 aliphatic heterocycles. The standard InChI is InChI=1S/C24H24N8O4S/c1-3-26-23(33)30-19-8-15(22-29-18(12-37-22)17-5-4-6-20(28-17)35-2)16(11-27-19)13-7-14(10-25-9-13)21-31-32-24(34)36-21/h4-6,9-10,12,14H,3,7-8,11H2,1-2H3,(H,32,34)(H2,26,27,30,33). The zero-order valence-electron chi connectivity index (χ0n) is 20.1. The van der Waals surface area contributed by atoms with E-state index in [1.54, 1.807) is 25.6 Å². The fourth-order valence-electron chi connectivity index (χ4n) is 4.05. The quantitative estimate of drug-likeness (QED) is 0.450. The molecule has 0 aliphatic carbocycles. The van der Waals surface area contributed by atoms with Gasteiger partial charge in [-0.25, -0.2) is 24.7 Å². The van der Waals surface area contributed by atoms with Crippen molar-refractivity contribution in [1.29, 1.82) is 0 Å². The molecule has 2 aliphatic rings. The van der Waals surface area contributed by atoms with Gasteiger partial charge in [0, 0.05) is 42.4 Å². The number of ether oxygens (including phenoxy) is 1. The predicted molar refractivity (Wildman–Crippen MR) is 139 cm³/mol. The van der Waals surface area contributed by atoms with Gasteiger partial charge < -0.3 is 14.5 Å². The van der Waals surface area contributed by atoms with E-state index >= 15 is 0 Å². The molecule has 13 heteroatoms. The summed E-state index contributed by atoms with van der Waals surface area (Å²) in [5, 5.41) is 14.6. The SMILES string of the molecule is CCNC(=O)NC1=NCC(C2=CN=CC(c3n[nH]c(=O)o3)C2)=C(c2nc(-c3cccc(OC)n3)cs2)C1. The number of nitrogens with one attached hydrogen (secondary N) is 3. The van der Waals surface area contributed by atoms with E-state index in [9.17, 15) is 9.59 Å². The molecule has 3 aromatic heterocycles. The molecule has 0 saturated carbocycles. The first kappa shape index (κ1) is 24.3. The third-order valence-corrected chi connectivity index (χ3v) is 6.69. The zero-order chi connectivity index (χ0) is 25.8. The van der Waals surface area contributed by atoms with Crippen LogP contribution in [0.1, 0.15) is 36.6 Å². The van der Waals surface area contributed by atoms with Crippen LogP contribution in [-0.2, 0) is 0 Å². The van der Waals surface area contributed by atoms with Gasteiger partial charge in [-0.15, -0.1) is 16.4 Å². The van der Waals surface area contributed by atoms with Gasteiger partial charge in [-0.3, -0.25) is 15.3 Å². The van der Waals surface area contributed by atoms with E-state index in [0.29, 0.717) is 43.3 Å². The number of hydrogen-bond donors (Lipinski definition) is 3. The van der Waals surface area contributed by atoms with Crippen molar-refractivity contribution in [3.63, 3.8) is 0 Å². The van der Waals surface area contributed by atoms with E-state index in [1.807, 2.05) is 24.4 Å². The molecule has 0 radical (unpaired) electrons. The Labute approximate surface area is 215 Å². The van der Waals surface area contributed by atoms with Crippen molar-refractivity contribution in [1.82, 2.24) is 30.8 Å². The second-order valence-corrected chi connectivity index (χ2v) is 9.06. The van der Waals surface area contributed by atoms with Crippen molar-refractivity contribution in [2.24, 2.45) is 9.98 Å². The number of hydrogen-bond acceptors (Lipinski definition) is 10. The topological polar surface area (TPSA) is 160 Å². The summed E-state index contributed by atoms with van der Waals surface area (Å²) in [6.45, 7) is 2.69. The summed E-state index contributed by atoms with van der Waals surface area (Å²) in [4.78, 5) is 42.0. The average Bonchev–Trinajstić information content (AvgIpc) is 3.59. The number of pyridine rings is 1. The third kappa shape index (κ3) is 5.40. The fraction of sp³-hybridized carbons (Fsp3) is 0.292. The molecule has 0 spiro atoms. The van der Waals surface area contributed by atoms with E-state index in [2.05, 4.69) is 35.8 Å². The summed E-state index contributed by atoms with van der Waals surface area (Å²) < 4.78 is 10.4. The van der Waals surface area contributed by atoms with Gasteiger partial charge in [0.2, 0.25) is 11.8 Å². The molecule has 0 saturated heterocycles. The highest BCUT2D eigenvalue weighted by molar-refractivity contribution is 7.11. The number of carbonyl (C=O) groups is 1. The van der Waals surface area contributed by atoms with Crippen LogP contribution in [-0.4, -0.2) is 58.4 Å². The van der Waals surface area contributed by atoms with Crippen molar-refractivity contribution in [2.45, 2.75) is 25.7 Å². The number of rotatable bonds is 6. The van der Waals surface area contributed by atoms with Crippen LogP contribution in [0.15, 0.2) is 60.1 Å². The maximum absolute atomic E-state index is 12.2. The number of aliphatic imine (C=N–C) groups is 2. The Bertz CT molecular complexity index is 1500. The summed E-state index contributed by atoms with van der Waals surface area (Å²) in [7, 11) is 1.57. The third-order valence-electron chi connectivity index (χ3n) is 5.78. The van der Waals surface area contributed by atoms with Crippen molar-refractivity contribution in [3.05, 3.63) is 62.4 Å². The van der Waals surface area contributed by atoms with Gasteiger partial charge in [0.15, 0.2) is 0 Å². The number of aromatic nitrogens is 4. The lowest BCUT2D eigenvalue weighted by Crippen LogP contribution is -2.40. The lowest BCUT2D eigenvalue weighted by Gasteiger charge is -2.23. The van der Waals surface area contributed by atoms with Crippen LogP contribution in [0.5, 0.6) is 5.88 Å². The number of carbonyl (C=O) groups excluding carboxylic acids is 1.